The first-order valence-electron chi connectivity index (χ1n) is 9.10. The average molecular weight is 437 g/mol. The molecule has 4 aromatic rings. The molecule has 0 unspecified atom stereocenters. The Bertz CT molecular complexity index is 1300. The van der Waals surface area contributed by atoms with Gasteiger partial charge >= 0.3 is 0 Å². The number of carbonyl (C=O) groups is 1. The second kappa shape index (κ2) is 8.41. The molecule has 0 saturated heterocycles. The van der Waals surface area contributed by atoms with E-state index in [1.807, 2.05) is 0 Å². The van der Waals surface area contributed by atoms with Crippen LogP contribution in [-0.4, -0.2) is 19.3 Å². The quantitative estimate of drug-likeness (QED) is 0.461. The summed E-state index contributed by atoms with van der Waals surface area (Å²) >= 11 is 0. The third-order valence-electron chi connectivity index (χ3n) is 4.40. The number of carbonyl (C=O) groups excluding carboxylic acids is 1. The van der Waals surface area contributed by atoms with Crippen LogP contribution < -0.4 is 10.0 Å². The summed E-state index contributed by atoms with van der Waals surface area (Å²) in [4.78, 5) is 16.2. The van der Waals surface area contributed by atoms with E-state index in [0.29, 0.717) is 11.4 Å². The number of amides is 1. The molecule has 0 aliphatic rings. The molecule has 0 radical (unpaired) electrons. The van der Waals surface area contributed by atoms with Crippen LogP contribution in [0.3, 0.4) is 0 Å². The Morgan fingerprint density at radius 3 is 2.29 bits per heavy atom. The van der Waals surface area contributed by atoms with Crippen LogP contribution in [0.15, 0.2) is 94.7 Å². The summed E-state index contributed by atoms with van der Waals surface area (Å²) < 4.78 is 46.1. The summed E-state index contributed by atoms with van der Waals surface area (Å²) in [6, 6.07) is 17.8. The molecule has 9 heteroatoms. The molecule has 0 fully saturated rings. The van der Waals surface area contributed by atoms with Gasteiger partial charge in [0, 0.05) is 16.8 Å². The number of sulfonamides is 1. The second-order valence-corrected chi connectivity index (χ2v) is 8.19. The first-order chi connectivity index (χ1) is 14.9. The maximum absolute atomic E-state index is 13.7. The lowest BCUT2D eigenvalue weighted by Gasteiger charge is -2.10. The summed E-state index contributed by atoms with van der Waals surface area (Å²) in [5, 5.41) is 2.74. The maximum atomic E-state index is 13.7. The van der Waals surface area contributed by atoms with Crippen LogP contribution in [0.2, 0.25) is 0 Å². The smallest absolute Gasteiger partial charge is 0.261 e. The van der Waals surface area contributed by atoms with Gasteiger partial charge in [-0.3, -0.25) is 9.52 Å². The predicted molar refractivity (Wildman–Crippen MR) is 114 cm³/mol. The molecule has 1 amide bonds. The number of benzene rings is 3. The predicted octanol–water partition coefficient (Wildman–Crippen LogP) is 4.53. The Morgan fingerprint density at radius 2 is 1.65 bits per heavy atom. The van der Waals surface area contributed by atoms with Crippen molar-refractivity contribution in [1.29, 1.82) is 0 Å². The van der Waals surface area contributed by atoms with E-state index < -0.39 is 21.7 Å². The van der Waals surface area contributed by atoms with Crippen LogP contribution in [0.25, 0.3) is 11.3 Å². The van der Waals surface area contributed by atoms with Gasteiger partial charge in [0.25, 0.3) is 15.9 Å². The molecule has 1 heterocycles. The van der Waals surface area contributed by atoms with Gasteiger partial charge < -0.3 is 9.73 Å². The van der Waals surface area contributed by atoms with Gasteiger partial charge in [0.05, 0.1) is 16.8 Å². The average Bonchev–Trinajstić information content (AvgIpc) is 3.31. The van der Waals surface area contributed by atoms with Crippen molar-refractivity contribution in [3.8, 4) is 11.3 Å². The zero-order chi connectivity index (χ0) is 21.8. The lowest BCUT2D eigenvalue weighted by Crippen LogP contribution is -2.15. The van der Waals surface area contributed by atoms with E-state index >= 15 is 0 Å². The Balaban J connectivity index is 1.45. The van der Waals surface area contributed by atoms with Crippen LogP contribution in [0.5, 0.6) is 0 Å². The van der Waals surface area contributed by atoms with Gasteiger partial charge in [-0.2, -0.15) is 0 Å². The molecule has 7 nitrogen and oxygen atoms in total. The summed E-state index contributed by atoms with van der Waals surface area (Å²) in [5.41, 5.74) is 1.49. The van der Waals surface area contributed by atoms with Crippen molar-refractivity contribution in [3.63, 3.8) is 0 Å². The fourth-order valence-electron chi connectivity index (χ4n) is 2.81. The summed E-state index contributed by atoms with van der Waals surface area (Å²) in [5.74, 6) is -0.478. The standard InChI is InChI=1S/C22H16FN3O4S/c23-19-3-1-2-4-20(19)26-31(28,29)18-11-7-16(8-12-18)22(27)25-17-9-5-15(6-10-17)21-13-24-14-30-21/h1-14,26H,(H,25,27). The molecule has 4 rings (SSSR count). The van der Waals surface area contributed by atoms with E-state index in [-0.39, 0.29) is 16.1 Å². The summed E-state index contributed by atoms with van der Waals surface area (Å²) in [6.45, 7) is 0. The molecular weight excluding hydrogens is 421 g/mol. The highest BCUT2D eigenvalue weighted by atomic mass is 32.2. The van der Waals surface area contributed by atoms with E-state index in [1.165, 1.54) is 48.9 Å². The molecule has 0 atom stereocenters. The first-order valence-corrected chi connectivity index (χ1v) is 10.6. The van der Waals surface area contributed by atoms with Crippen molar-refractivity contribution in [2.75, 3.05) is 10.0 Å². The Labute approximate surface area is 177 Å². The van der Waals surface area contributed by atoms with Crippen LogP contribution in [0.1, 0.15) is 10.4 Å². The second-order valence-electron chi connectivity index (χ2n) is 6.51. The number of aromatic nitrogens is 1. The van der Waals surface area contributed by atoms with Gasteiger partial charge in [-0.15, -0.1) is 0 Å². The minimum Gasteiger partial charge on any atom is -0.444 e. The van der Waals surface area contributed by atoms with Gasteiger partial charge in [-0.25, -0.2) is 17.8 Å². The number of rotatable bonds is 6. The van der Waals surface area contributed by atoms with Gasteiger partial charge in [0.1, 0.15) is 5.82 Å². The number of hydrogen-bond acceptors (Lipinski definition) is 5. The van der Waals surface area contributed by atoms with Crippen molar-refractivity contribution in [1.82, 2.24) is 4.98 Å². The van der Waals surface area contributed by atoms with E-state index in [1.54, 1.807) is 30.5 Å². The SMILES string of the molecule is O=C(Nc1ccc(-c2cnco2)cc1)c1ccc(S(=O)(=O)Nc2ccccc2F)cc1. The normalized spacial score (nSPS) is 11.1. The maximum Gasteiger partial charge on any atom is 0.261 e. The van der Waals surface area contributed by atoms with Gasteiger partial charge in [-0.1, -0.05) is 12.1 Å². The Kier molecular flexibility index (Phi) is 5.50. The van der Waals surface area contributed by atoms with Gasteiger partial charge in [0.2, 0.25) is 0 Å². The Hall–Kier alpha value is -3.98. The monoisotopic (exact) mass is 437 g/mol. The minimum absolute atomic E-state index is 0.0938. The largest absolute Gasteiger partial charge is 0.444 e. The molecule has 1 aromatic heterocycles. The zero-order valence-corrected chi connectivity index (χ0v) is 16.8. The van der Waals surface area contributed by atoms with Crippen LogP contribution in [0.4, 0.5) is 15.8 Å². The molecule has 0 aliphatic carbocycles. The molecular formula is C22H16FN3O4S. The van der Waals surface area contributed by atoms with Crippen molar-refractivity contribution >= 4 is 27.3 Å². The van der Waals surface area contributed by atoms with Crippen LogP contribution in [0, 0.1) is 5.82 Å². The lowest BCUT2D eigenvalue weighted by molar-refractivity contribution is 0.102. The van der Waals surface area contributed by atoms with Crippen molar-refractivity contribution in [3.05, 3.63) is 96.8 Å². The highest BCUT2D eigenvalue weighted by molar-refractivity contribution is 7.92. The number of oxazole rings is 1. The number of hydrogen-bond donors (Lipinski definition) is 2. The minimum atomic E-state index is -4.00. The molecule has 156 valence electrons. The van der Waals surface area contributed by atoms with Gasteiger partial charge in [0.15, 0.2) is 12.2 Å². The molecule has 0 bridgehead atoms. The van der Waals surface area contributed by atoms with Crippen molar-refractivity contribution in [2.45, 2.75) is 4.90 Å². The number of halogens is 1. The molecule has 0 spiro atoms. The first kappa shape index (κ1) is 20.3. The zero-order valence-electron chi connectivity index (χ0n) is 15.9. The molecule has 0 saturated carbocycles. The fourth-order valence-corrected chi connectivity index (χ4v) is 3.88. The van der Waals surface area contributed by atoms with Crippen LogP contribution >= 0.6 is 0 Å². The molecule has 0 aliphatic heterocycles. The number of para-hydroxylation sites is 1. The van der Waals surface area contributed by atoms with E-state index in [2.05, 4.69) is 15.0 Å². The van der Waals surface area contributed by atoms with E-state index in [0.717, 1.165) is 11.6 Å². The third kappa shape index (κ3) is 4.62. The number of nitrogens with zero attached hydrogens (tertiary/aromatic N) is 1. The number of anilines is 2. The van der Waals surface area contributed by atoms with Crippen molar-refractivity contribution in [2.24, 2.45) is 0 Å². The van der Waals surface area contributed by atoms with E-state index in [9.17, 15) is 17.6 Å². The highest BCUT2D eigenvalue weighted by Crippen LogP contribution is 2.22. The summed E-state index contributed by atoms with van der Waals surface area (Å²) in [7, 11) is -4.00. The van der Waals surface area contributed by atoms with Crippen molar-refractivity contribution < 1.29 is 22.0 Å². The number of nitrogens with one attached hydrogen (secondary N) is 2. The molecule has 31 heavy (non-hydrogen) atoms. The summed E-state index contributed by atoms with van der Waals surface area (Å²) in [6.07, 6.45) is 2.92. The van der Waals surface area contributed by atoms with E-state index in [4.69, 9.17) is 4.42 Å². The lowest BCUT2D eigenvalue weighted by atomic mass is 10.1. The third-order valence-corrected chi connectivity index (χ3v) is 5.79. The van der Waals surface area contributed by atoms with Crippen LogP contribution in [-0.2, 0) is 10.0 Å². The highest BCUT2D eigenvalue weighted by Gasteiger charge is 2.17. The topological polar surface area (TPSA) is 101 Å². The molecule has 3 aromatic carbocycles. The molecule has 2 N–H and O–H groups in total. The van der Waals surface area contributed by atoms with Gasteiger partial charge in [-0.05, 0) is 60.7 Å². The Morgan fingerprint density at radius 1 is 0.935 bits per heavy atom. The fraction of sp³-hybridized carbons (Fsp3) is 0.